The molecule has 21 heavy (non-hydrogen) atoms. The predicted octanol–water partition coefficient (Wildman–Crippen LogP) is 0.107. The van der Waals surface area contributed by atoms with Crippen molar-refractivity contribution in [2.45, 2.75) is 13.3 Å². The second-order valence-corrected chi connectivity index (χ2v) is 4.61. The largest absolute Gasteiger partial charge is 0.355 e. The molecule has 0 aromatic carbocycles. The SMILES string of the molecule is CCCNC(=O)CNC(=O)CNC(=O)c1cc(Cl)ccn1. The van der Waals surface area contributed by atoms with Crippen LogP contribution in [0.4, 0.5) is 0 Å². The van der Waals surface area contributed by atoms with Crippen molar-refractivity contribution in [3.05, 3.63) is 29.0 Å². The zero-order valence-electron chi connectivity index (χ0n) is 11.6. The topological polar surface area (TPSA) is 100 Å². The number of carbonyl (C=O) groups is 3. The maximum absolute atomic E-state index is 11.7. The molecule has 3 amide bonds. The van der Waals surface area contributed by atoms with Crippen LogP contribution in [0.3, 0.4) is 0 Å². The molecule has 0 bridgehead atoms. The number of halogens is 1. The lowest BCUT2D eigenvalue weighted by Gasteiger charge is -2.07. The van der Waals surface area contributed by atoms with Gasteiger partial charge in [-0.2, -0.15) is 0 Å². The van der Waals surface area contributed by atoms with Crippen LogP contribution in [0.1, 0.15) is 23.8 Å². The predicted molar refractivity (Wildman–Crippen MR) is 77.9 cm³/mol. The zero-order valence-corrected chi connectivity index (χ0v) is 12.4. The van der Waals surface area contributed by atoms with Gasteiger partial charge in [-0.3, -0.25) is 19.4 Å². The summed E-state index contributed by atoms with van der Waals surface area (Å²) in [5, 5.41) is 7.79. The van der Waals surface area contributed by atoms with Crippen molar-refractivity contribution in [1.82, 2.24) is 20.9 Å². The van der Waals surface area contributed by atoms with Crippen LogP contribution < -0.4 is 16.0 Å². The molecule has 0 spiro atoms. The van der Waals surface area contributed by atoms with Gasteiger partial charge >= 0.3 is 0 Å². The van der Waals surface area contributed by atoms with Gasteiger partial charge in [-0.15, -0.1) is 0 Å². The minimum atomic E-state index is -0.511. The minimum Gasteiger partial charge on any atom is -0.355 e. The number of aromatic nitrogens is 1. The summed E-state index contributed by atoms with van der Waals surface area (Å²) in [6.45, 7) is 2.13. The van der Waals surface area contributed by atoms with Crippen LogP contribution >= 0.6 is 11.6 Å². The summed E-state index contributed by atoms with van der Waals surface area (Å²) >= 11 is 5.73. The number of nitrogens with one attached hydrogen (secondary N) is 3. The number of pyridine rings is 1. The van der Waals surface area contributed by atoms with E-state index >= 15 is 0 Å². The van der Waals surface area contributed by atoms with E-state index in [0.717, 1.165) is 6.42 Å². The molecule has 7 nitrogen and oxygen atoms in total. The summed E-state index contributed by atoms with van der Waals surface area (Å²) in [7, 11) is 0. The molecule has 0 saturated carbocycles. The van der Waals surface area contributed by atoms with Crippen molar-refractivity contribution in [1.29, 1.82) is 0 Å². The van der Waals surface area contributed by atoms with Crippen molar-refractivity contribution >= 4 is 29.3 Å². The number of nitrogens with zero attached hydrogens (tertiary/aromatic N) is 1. The molecule has 8 heteroatoms. The van der Waals surface area contributed by atoms with Gasteiger partial charge in [-0.05, 0) is 18.6 Å². The molecule has 0 aliphatic carbocycles. The Labute approximate surface area is 127 Å². The highest BCUT2D eigenvalue weighted by Crippen LogP contribution is 2.07. The molecule has 0 unspecified atom stereocenters. The van der Waals surface area contributed by atoms with Crippen LogP contribution in [0.25, 0.3) is 0 Å². The molecule has 1 aromatic rings. The van der Waals surface area contributed by atoms with Gasteiger partial charge in [0, 0.05) is 17.8 Å². The molecule has 114 valence electrons. The molecular weight excluding hydrogens is 296 g/mol. The second-order valence-electron chi connectivity index (χ2n) is 4.17. The van der Waals surface area contributed by atoms with E-state index in [-0.39, 0.29) is 24.7 Å². The molecule has 0 fully saturated rings. The van der Waals surface area contributed by atoms with E-state index in [2.05, 4.69) is 20.9 Å². The lowest BCUT2D eigenvalue weighted by molar-refractivity contribution is -0.125. The van der Waals surface area contributed by atoms with E-state index in [0.29, 0.717) is 11.6 Å². The monoisotopic (exact) mass is 312 g/mol. The van der Waals surface area contributed by atoms with E-state index in [1.807, 2.05) is 6.92 Å². The normalized spacial score (nSPS) is 9.81. The van der Waals surface area contributed by atoms with Gasteiger partial charge in [0.1, 0.15) is 5.69 Å². The van der Waals surface area contributed by atoms with E-state index in [1.54, 1.807) is 6.07 Å². The molecule has 0 atom stereocenters. The van der Waals surface area contributed by atoms with Gasteiger partial charge in [-0.25, -0.2) is 0 Å². The Bertz CT molecular complexity index is 522. The van der Waals surface area contributed by atoms with Gasteiger partial charge in [0.25, 0.3) is 5.91 Å². The third-order valence-corrected chi connectivity index (χ3v) is 2.62. The first-order valence-electron chi connectivity index (χ1n) is 6.46. The van der Waals surface area contributed by atoms with Crippen molar-refractivity contribution < 1.29 is 14.4 Å². The number of amides is 3. The van der Waals surface area contributed by atoms with Crippen molar-refractivity contribution in [3.8, 4) is 0 Å². The van der Waals surface area contributed by atoms with Gasteiger partial charge < -0.3 is 16.0 Å². The number of carbonyl (C=O) groups excluding carboxylic acids is 3. The molecule has 3 N–H and O–H groups in total. The zero-order chi connectivity index (χ0) is 15.7. The summed E-state index contributed by atoms with van der Waals surface area (Å²) in [4.78, 5) is 38.3. The first kappa shape index (κ1) is 16.9. The highest BCUT2D eigenvalue weighted by Gasteiger charge is 2.10. The first-order chi connectivity index (χ1) is 10.0. The maximum atomic E-state index is 11.7. The Kier molecular flexibility index (Phi) is 7.17. The van der Waals surface area contributed by atoms with E-state index in [9.17, 15) is 14.4 Å². The fourth-order valence-electron chi connectivity index (χ4n) is 1.35. The van der Waals surface area contributed by atoms with Crippen LogP contribution in [-0.4, -0.2) is 42.3 Å². The number of hydrogen-bond donors (Lipinski definition) is 3. The second kappa shape index (κ2) is 8.91. The standard InChI is InChI=1S/C13H17ClN4O3/c1-2-4-16-11(19)7-17-12(20)8-18-13(21)10-6-9(14)3-5-15-10/h3,5-6H,2,4,7-8H2,1H3,(H,16,19)(H,17,20)(H,18,21). The van der Waals surface area contributed by atoms with Gasteiger partial charge in [-0.1, -0.05) is 18.5 Å². The fourth-order valence-corrected chi connectivity index (χ4v) is 1.51. The summed E-state index contributed by atoms with van der Waals surface area (Å²) < 4.78 is 0. The van der Waals surface area contributed by atoms with Crippen molar-refractivity contribution in [3.63, 3.8) is 0 Å². The average molecular weight is 313 g/mol. The maximum Gasteiger partial charge on any atom is 0.270 e. The van der Waals surface area contributed by atoms with Crippen LogP contribution in [-0.2, 0) is 9.59 Å². The van der Waals surface area contributed by atoms with Gasteiger partial charge in [0.2, 0.25) is 11.8 Å². The molecule has 0 aliphatic rings. The Hall–Kier alpha value is -2.15. The lowest BCUT2D eigenvalue weighted by Crippen LogP contribution is -2.42. The smallest absolute Gasteiger partial charge is 0.270 e. The number of hydrogen-bond acceptors (Lipinski definition) is 4. The van der Waals surface area contributed by atoms with Gasteiger partial charge in [0.05, 0.1) is 13.1 Å². The Morgan fingerprint density at radius 2 is 1.81 bits per heavy atom. The number of rotatable bonds is 7. The molecular formula is C13H17ClN4O3. The minimum absolute atomic E-state index is 0.121. The third kappa shape index (κ3) is 6.71. The molecule has 1 aromatic heterocycles. The Balaban J connectivity index is 2.30. The van der Waals surface area contributed by atoms with E-state index < -0.39 is 11.8 Å². The summed E-state index contributed by atoms with van der Waals surface area (Å²) in [6.07, 6.45) is 2.22. The fraction of sp³-hybridized carbons (Fsp3) is 0.385. The third-order valence-electron chi connectivity index (χ3n) is 2.38. The van der Waals surface area contributed by atoms with E-state index in [4.69, 9.17) is 11.6 Å². The van der Waals surface area contributed by atoms with E-state index in [1.165, 1.54) is 12.3 Å². The quantitative estimate of drug-likeness (QED) is 0.665. The Morgan fingerprint density at radius 3 is 2.48 bits per heavy atom. The molecule has 0 aliphatic heterocycles. The average Bonchev–Trinajstić information content (AvgIpc) is 2.48. The highest BCUT2D eigenvalue weighted by atomic mass is 35.5. The molecule has 1 rings (SSSR count). The lowest BCUT2D eigenvalue weighted by atomic mass is 10.3. The Morgan fingerprint density at radius 1 is 1.14 bits per heavy atom. The molecule has 0 radical (unpaired) electrons. The summed E-state index contributed by atoms with van der Waals surface area (Å²) in [6, 6.07) is 2.94. The molecule has 1 heterocycles. The summed E-state index contributed by atoms with van der Waals surface area (Å²) in [5.74, 6) is -1.24. The first-order valence-corrected chi connectivity index (χ1v) is 6.84. The van der Waals surface area contributed by atoms with Crippen LogP contribution in [0.5, 0.6) is 0 Å². The summed E-state index contributed by atoms with van der Waals surface area (Å²) in [5.41, 5.74) is 0.121. The van der Waals surface area contributed by atoms with Crippen molar-refractivity contribution in [2.24, 2.45) is 0 Å². The van der Waals surface area contributed by atoms with Crippen LogP contribution in [0.15, 0.2) is 18.3 Å². The van der Waals surface area contributed by atoms with Crippen molar-refractivity contribution in [2.75, 3.05) is 19.6 Å². The van der Waals surface area contributed by atoms with Crippen LogP contribution in [0.2, 0.25) is 5.02 Å². The van der Waals surface area contributed by atoms with Crippen LogP contribution in [0, 0.1) is 0 Å². The van der Waals surface area contributed by atoms with Gasteiger partial charge in [0.15, 0.2) is 0 Å². The highest BCUT2D eigenvalue weighted by molar-refractivity contribution is 6.30. The molecule has 0 saturated heterocycles.